The fourth-order valence-electron chi connectivity index (χ4n) is 0. The molecule has 6 heavy (non-hydrogen) atoms. The third kappa shape index (κ3) is 43.5. The first kappa shape index (κ1) is 10.6. The van der Waals surface area contributed by atoms with Gasteiger partial charge in [0.05, 0.1) is 0 Å². The Morgan fingerprint density at radius 2 is 0.833 bits per heavy atom. The summed E-state index contributed by atoms with van der Waals surface area (Å²) in [7, 11) is 16.9. The summed E-state index contributed by atoms with van der Waals surface area (Å²) in [5.41, 5.74) is 0. The van der Waals surface area contributed by atoms with E-state index < -0.39 is 9.55 Å². The molecule has 0 spiro atoms. The second kappa shape index (κ2) is 3.67. The van der Waals surface area contributed by atoms with Crippen LogP contribution in [0, 0.1) is 0 Å². The molecular formula is CH4Cl4Ge. The summed E-state index contributed by atoms with van der Waals surface area (Å²) in [6, 6.07) is 0. The number of hydrogen-bond acceptors (Lipinski definition) is 0. The third-order valence-electron chi connectivity index (χ3n) is 0. The molecule has 0 rings (SSSR count). The van der Waals surface area contributed by atoms with E-state index in [2.05, 4.69) is 0 Å². The van der Waals surface area contributed by atoms with Gasteiger partial charge in [0.1, 0.15) is 0 Å². The van der Waals surface area contributed by atoms with Crippen LogP contribution in [0.5, 0.6) is 0 Å². The summed E-state index contributed by atoms with van der Waals surface area (Å²) >= 11 is 0. The first-order valence-corrected chi connectivity index (χ1v) is 11.8. The van der Waals surface area contributed by atoms with Gasteiger partial charge in [-0.2, -0.15) is 0 Å². The number of hydrogen-bond donors (Lipinski definition) is 0. The van der Waals surface area contributed by atoms with Crippen molar-refractivity contribution in [1.82, 2.24) is 0 Å². The molecule has 0 radical (unpaired) electrons. The van der Waals surface area contributed by atoms with Crippen molar-refractivity contribution < 1.29 is 0 Å². The standard InChI is InChI=1S/CH4.Cl4Ge/c;1-5(2,3)4/h1H4;. The zero-order valence-corrected chi connectivity index (χ0v) is 7.13. The predicted molar refractivity (Wildman–Crippen MR) is 35.9 cm³/mol. The van der Waals surface area contributed by atoms with Crippen LogP contribution in [0.1, 0.15) is 7.43 Å². The number of rotatable bonds is 0. The molecule has 5 heteroatoms. The van der Waals surface area contributed by atoms with Crippen LogP contribution in [-0.2, 0) is 0 Å². The molecule has 0 saturated heterocycles. The van der Waals surface area contributed by atoms with E-state index in [0.717, 1.165) is 0 Å². The van der Waals surface area contributed by atoms with Crippen molar-refractivity contribution in [3.05, 3.63) is 0 Å². The molecule has 0 N–H and O–H groups in total. The van der Waals surface area contributed by atoms with Gasteiger partial charge in [0.15, 0.2) is 0 Å². The van der Waals surface area contributed by atoms with E-state index >= 15 is 0 Å². The van der Waals surface area contributed by atoms with Gasteiger partial charge in [0.25, 0.3) is 0 Å². The fourth-order valence-corrected chi connectivity index (χ4v) is 0. The molecule has 0 unspecified atom stereocenters. The summed E-state index contributed by atoms with van der Waals surface area (Å²) in [4.78, 5) is 0. The van der Waals surface area contributed by atoms with E-state index in [1.807, 2.05) is 0 Å². The molecule has 0 bridgehead atoms. The van der Waals surface area contributed by atoms with Crippen LogP contribution in [0.15, 0.2) is 0 Å². The Morgan fingerprint density at radius 1 is 0.833 bits per heavy atom. The van der Waals surface area contributed by atoms with Gasteiger partial charge >= 0.3 is 49.6 Å². The van der Waals surface area contributed by atoms with E-state index in [0.29, 0.717) is 0 Å². The first-order valence-electron chi connectivity index (χ1n) is 0.756. The minimum absolute atomic E-state index is 0. The van der Waals surface area contributed by atoms with Crippen molar-refractivity contribution in [2.45, 2.75) is 7.43 Å². The van der Waals surface area contributed by atoms with Crippen LogP contribution in [0.25, 0.3) is 0 Å². The van der Waals surface area contributed by atoms with Gasteiger partial charge in [-0.1, -0.05) is 7.43 Å². The van der Waals surface area contributed by atoms with Gasteiger partial charge < -0.3 is 0 Å². The fraction of sp³-hybridized carbons (Fsp3) is 1.00. The van der Waals surface area contributed by atoms with Crippen molar-refractivity contribution in [2.24, 2.45) is 0 Å². The molecule has 0 aromatic heterocycles. The molecule has 0 amide bonds. The summed E-state index contributed by atoms with van der Waals surface area (Å²) in [6.45, 7) is 0. The van der Waals surface area contributed by atoms with Crippen LogP contribution in [0.2, 0.25) is 0 Å². The average molecular weight is 230 g/mol. The van der Waals surface area contributed by atoms with Crippen LogP contribution in [0.4, 0.5) is 0 Å². The van der Waals surface area contributed by atoms with Crippen molar-refractivity contribution in [3.63, 3.8) is 0 Å². The van der Waals surface area contributed by atoms with Crippen LogP contribution >= 0.6 is 40.0 Å². The summed E-state index contributed by atoms with van der Waals surface area (Å²) in [6.07, 6.45) is 0. The maximum absolute atomic E-state index is 5.01. The van der Waals surface area contributed by atoms with Crippen molar-refractivity contribution in [2.75, 3.05) is 0 Å². The van der Waals surface area contributed by atoms with Gasteiger partial charge in [-0.3, -0.25) is 0 Å². The molecule has 40 valence electrons. The Balaban J connectivity index is 0. The monoisotopic (exact) mass is 230 g/mol. The predicted octanol–water partition coefficient (Wildman–Crippen LogP) is 3.01. The van der Waals surface area contributed by atoms with Crippen molar-refractivity contribution >= 4 is 49.6 Å². The summed E-state index contributed by atoms with van der Waals surface area (Å²) in [5, 5.41) is 0. The Hall–Kier alpha value is 1.70. The van der Waals surface area contributed by atoms with E-state index in [9.17, 15) is 0 Å². The topological polar surface area (TPSA) is 0 Å². The Bertz CT molecular complexity index is 23.0. The van der Waals surface area contributed by atoms with Crippen molar-refractivity contribution in [3.8, 4) is 0 Å². The molecule has 0 nitrogen and oxygen atoms in total. The van der Waals surface area contributed by atoms with Gasteiger partial charge in [-0.05, 0) is 0 Å². The third-order valence-corrected chi connectivity index (χ3v) is 0. The molecule has 0 atom stereocenters. The molecule has 0 aliphatic rings. The quantitative estimate of drug-likeness (QED) is 0.561. The molecule has 0 aliphatic carbocycles. The normalized spacial score (nSPS) is 10.0. The molecule has 0 aromatic carbocycles. The summed E-state index contributed by atoms with van der Waals surface area (Å²) < 4.78 is 0. The zero-order chi connectivity index (χ0) is 4.50. The van der Waals surface area contributed by atoms with Gasteiger partial charge in [0, 0.05) is 0 Å². The molecule has 0 aromatic rings. The van der Waals surface area contributed by atoms with Crippen LogP contribution < -0.4 is 0 Å². The summed E-state index contributed by atoms with van der Waals surface area (Å²) in [5.74, 6) is 0. The SMILES string of the molecule is C.[Cl][Ge]([Cl])([Cl])[Cl]. The zero-order valence-electron chi connectivity index (χ0n) is 2.01. The Kier molecular flexibility index (Phi) is 6.52. The first-order chi connectivity index (χ1) is 2.00. The van der Waals surface area contributed by atoms with Crippen molar-refractivity contribution in [1.29, 1.82) is 0 Å². The Labute approximate surface area is 56.8 Å². The average Bonchev–Trinajstić information content (AvgIpc) is 0.722. The van der Waals surface area contributed by atoms with E-state index in [1.54, 1.807) is 0 Å². The second-order valence-corrected chi connectivity index (χ2v) is 20.0. The van der Waals surface area contributed by atoms with Crippen LogP contribution in [-0.4, -0.2) is 9.55 Å². The van der Waals surface area contributed by atoms with E-state index in [1.165, 1.54) is 0 Å². The Morgan fingerprint density at radius 3 is 0.833 bits per heavy atom. The van der Waals surface area contributed by atoms with Crippen LogP contribution in [0.3, 0.4) is 0 Å². The molecule has 0 saturated carbocycles. The molecule has 0 heterocycles. The maximum atomic E-state index is 5.01. The minimum atomic E-state index is -3.11. The van der Waals surface area contributed by atoms with E-state index in [-0.39, 0.29) is 7.43 Å². The molecule has 0 aliphatic heterocycles. The molecular weight excluding hydrogens is 226 g/mol. The number of halogens is 4. The van der Waals surface area contributed by atoms with Gasteiger partial charge in [-0.15, -0.1) is 0 Å². The molecule has 0 fully saturated rings. The van der Waals surface area contributed by atoms with Gasteiger partial charge in [0.2, 0.25) is 0 Å². The second-order valence-electron chi connectivity index (χ2n) is 0.429. The van der Waals surface area contributed by atoms with E-state index in [4.69, 9.17) is 40.0 Å². The van der Waals surface area contributed by atoms with Gasteiger partial charge in [-0.25, -0.2) is 0 Å².